The van der Waals surface area contributed by atoms with Gasteiger partial charge in [-0.3, -0.25) is 24.5 Å². The second-order valence-electron chi connectivity index (χ2n) is 6.24. The van der Waals surface area contributed by atoms with Gasteiger partial charge in [0.1, 0.15) is 6.54 Å². The Morgan fingerprint density at radius 1 is 1.27 bits per heavy atom. The van der Waals surface area contributed by atoms with Gasteiger partial charge in [0.25, 0.3) is 5.91 Å². The summed E-state index contributed by atoms with van der Waals surface area (Å²) in [6, 6.07) is 7.04. The van der Waals surface area contributed by atoms with Crippen molar-refractivity contribution in [2.75, 3.05) is 6.54 Å². The predicted octanol–water partition coefficient (Wildman–Crippen LogP) is 0.868. The van der Waals surface area contributed by atoms with E-state index in [2.05, 4.69) is 20.6 Å². The van der Waals surface area contributed by atoms with Gasteiger partial charge in [-0.25, -0.2) is 4.79 Å². The lowest BCUT2D eigenvalue weighted by Gasteiger charge is -2.20. The number of hydrogen-bond acceptors (Lipinski definition) is 5. The van der Waals surface area contributed by atoms with E-state index in [0.717, 1.165) is 16.0 Å². The number of benzene rings is 1. The minimum atomic E-state index is -1.33. The van der Waals surface area contributed by atoms with Gasteiger partial charge in [-0.15, -0.1) is 0 Å². The van der Waals surface area contributed by atoms with Crippen molar-refractivity contribution in [3.63, 3.8) is 0 Å². The highest BCUT2D eigenvalue weighted by Gasteiger charge is 2.50. The van der Waals surface area contributed by atoms with Crippen LogP contribution in [-0.2, 0) is 21.7 Å². The quantitative estimate of drug-likeness (QED) is 0.776. The molecule has 2 heterocycles. The van der Waals surface area contributed by atoms with Crippen LogP contribution in [0.5, 0.6) is 0 Å². The molecule has 26 heavy (non-hydrogen) atoms. The lowest BCUT2D eigenvalue weighted by atomic mass is 9.98. The van der Waals surface area contributed by atoms with Gasteiger partial charge in [-0.1, -0.05) is 24.3 Å². The van der Waals surface area contributed by atoms with Gasteiger partial charge in [0.15, 0.2) is 5.54 Å². The van der Waals surface area contributed by atoms with E-state index >= 15 is 0 Å². The average Bonchev–Trinajstić information content (AvgIpc) is 2.86. The van der Waals surface area contributed by atoms with Gasteiger partial charge in [-0.05, 0) is 25.0 Å². The third-order valence-electron chi connectivity index (χ3n) is 4.39. The number of amides is 4. The molecule has 3 rings (SSSR count). The lowest BCUT2D eigenvalue weighted by Crippen LogP contribution is -2.43. The van der Waals surface area contributed by atoms with Crippen LogP contribution in [-0.4, -0.2) is 39.3 Å². The SMILES string of the molecule is Cc1ccccc1CNC(=O)CN1C(=O)N[C@](C)(c2cnccn2)C1=O. The van der Waals surface area contributed by atoms with Crippen molar-refractivity contribution in [3.05, 3.63) is 59.7 Å². The molecule has 0 spiro atoms. The zero-order valence-corrected chi connectivity index (χ0v) is 14.5. The van der Waals surface area contributed by atoms with Gasteiger partial charge in [0, 0.05) is 18.9 Å². The second kappa shape index (κ2) is 6.91. The van der Waals surface area contributed by atoms with E-state index in [9.17, 15) is 14.4 Å². The Hall–Kier alpha value is -3.29. The topological polar surface area (TPSA) is 104 Å². The molecule has 0 bridgehead atoms. The Kier molecular flexibility index (Phi) is 4.66. The van der Waals surface area contributed by atoms with E-state index < -0.39 is 23.4 Å². The van der Waals surface area contributed by atoms with Gasteiger partial charge < -0.3 is 10.6 Å². The van der Waals surface area contributed by atoms with Crippen LogP contribution < -0.4 is 10.6 Å². The summed E-state index contributed by atoms with van der Waals surface area (Å²) in [6.07, 6.45) is 4.34. The minimum absolute atomic E-state index is 0.321. The summed E-state index contributed by atoms with van der Waals surface area (Å²) in [4.78, 5) is 46.0. The van der Waals surface area contributed by atoms with Crippen molar-refractivity contribution in [2.24, 2.45) is 0 Å². The number of aromatic nitrogens is 2. The van der Waals surface area contributed by atoms with Crippen LogP contribution >= 0.6 is 0 Å². The molecule has 0 radical (unpaired) electrons. The van der Waals surface area contributed by atoms with Gasteiger partial charge in [-0.2, -0.15) is 0 Å². The van der Waals surface area contributed by atoms with Crippen LogP contribution in [0.3, 0.4) is 0 Å². The van der Waals surface area contributed by atoms with Crippen LogP contribution in [0.2, 0.25) is 0 Å². The number of hydrogen-bond donors (Lipinski definition) is 2. The summed E-state index contributed by atoms with van der Waals surface area (Å²) in [6.45, 7) is 3.47. The number of rotatable bonds is 5. The molecule has 4 amide bonds. The van der Waals surface area contributed by atoms with E-state index in [1.54, 1.807) is 6.92 Å². The van der Waals surface area contributed by atoms with Gasteiger partial charge in [0.2, 0.25) is 5.91 Å². The average molecular weight is 353 g/mol. The predicted molar refractivity (Wildman–Crippen MR) is 92.7 cm³/mol. The third-order valence-corrected chi connectivity index (χ3v) is 4.39. The number of nitrogens with zero attached hydrogens (tertiary/aromatic N) is 3. The molecule has 1 saturated heterocycles. The number of nitrogens with one attached hydrogen (secondary N) is 2. The van der Waals surface area contributed by atoms with Gasteiger partial charge >= 0.3 is 6.03 Å². The van der Waals surface area contributed by atoms with Crippen LogP contribution in [0.25, 0.3) is 0 Å². The molecule has 134 valence electrons. The molecule has 1 fully saturated rings. The molecule has 2 aromatic rings. The van der Waals surface area contributed by atoms with Crippen molar-refractivity contribution >= 4 is 17.8 Å². The molecule has 0 aliphatic carbocycles. The molecule has 0 unspecified atom stereocenters. The molecule has 1 aromatic carbocycles. The zero-order valence-electron chi connectivity index (χ0n) is 14.5. The fourth-order valence-electron chi connectivity index (χ4n) is 2.77. The fraction of sp³-hybridized carbons (Fsp3) is 0.278. The monoisotopic (exact) mass is 353 g/mol. The number of imide groups is 1. The highest BCUT2D eigenvalue weighted by Crippen LogP contribution is 2.26. The van der Waals surface area contributed by atoms with Gasteiger partial charge in [0.05, 0.1) is 11.9 Å². The molecule has 1 aliphatic heterocycles. The Morgan fingerprint density at radius 3 is 2.73 bits per heavy atom. The number of carbonyl (C=O) groups excluding carboxylic acids is 3. The standard InChI is InChI=1S/C18H19N5O3/c1-12-5-3-4-6-13(12)9-21-15(24)11-23-16(25)18(2,22-17(23)26)14-10-19-7-8-20-14/h3-8,10H,9,11H2,1-2H3,(H,21,24)(H,22,26)/t18-/m1/s1. The first-order valence-electron chi connectivity index (χ1n) is 8.13. The highest BCUT2D eigenvalue weighted by molar-refractivity contribution is 6.08. The number of carbonyl (C=O) groups is 3. The van der Waals surface area contributed by atoms with Crippen molar-refractivity contribution in [1.29, 1.82) is 0 Å². The van der Waals surface area contributed by atoms with Crippen LogP contribution in [0.4, 0.5) is 4.79 Å². The van der Waals surface area contributed by atoms with Crippen LogP contribution in [0.15, 0.2) is 42.9 Å². The second-order valence-corrected chi connectivity index (χ2v) is 6.24. The largest absolute Gasteiger partial charge is 0.350 e. The molecule has 1 aromatic heterocycles. The van der Waals surface area contributed by atoms with Crippen molar-refractivity contribution in [2.45, 2.75) is 25.9 Å². The van der Waals surface area contributed by atoms with Crippen molar-refractivity contribution in [1.82, 2.24) is 25.5 Å². The maximum atomic E-state index is 12.7. The van der Waals surface area contributed by atoms with E-state index in [1.165, 1.54) is 18.6 Å². The molecule has 1 aliphatic rings. The van der Waals surface area contributed by atoms with Crippen molar-refractivity contribution < 1.29 is 14.4 Å². The molecule has 2 N–H and O–H groups in total. The first-order valence-corrected chi connectivity index (χ1v) is 8.13. The Labute approximate surface area is 150 Å². The third kappa shape index (κ3) is 3.26. The highest BCUT2D eigenvalue weighted by atomic mass is 16.2. The molecule has 8 nitrogen and oxygen atoms in total. The van der Waals surface area contributed by atoms with E-state index in [1.807, 2.05) is 31.2 Å². The maximum Gasteiger partial charge on any atom is 0.325 e. The molecular weight excluding hydrogens is 334 g/mol. The molecule has 1 atom stereocenters. The Morgan fingerprint density at radius 2 is 2.04 bits per heavy atom. The zero-order chi connectivity index (χ0) is 18.7. The summed E-state index contributed by atoms with van der Waals surface area (Å²) in [5.41, 5.74) is 1.02. The van der Waals surface area contributed by atoms with E-state index in [-0.39, 0.29) is 6.54 Å². The first-order chi connectivity index (χ1) is 12.4. The number of aryl methyl sites for hydroxylation is 1. The molecular formula is C18H19N5O3. The summed E-state index contributed by atoms with van der Waals surface area (Å²) in [5, 5.41) is 5.32. The smallest absolute Gasteiger partial charge is 0.325 e. The minimum Gasteiger partial charge on any atom is -0.350 e. The van der Waals surface area contributed by atoms with Crippen LogP contribution in [0.1, 0.15) is 23.7 Å². The van der Waals surface area contributed by atoms with E-state index in [4.69, 9.17) is 0 Å². The fourth-order valence-corrected chi connectivity index (χ4v) is 2.77. The lowest BCUT2D eigenvalue weighted by molar-refractivity contribution is -0.135. The summed E-state index contributed by atoms with van der Waals surface area (Å²) < 4.78 is 0. The Bertz CT molecular complexity index is 855. The summed E-state index contributed by atoms with van der Waals surface area (Å²) >= 11 is 0. The molecule has 0 saturated carbocycles. The Balaban J connectivity index is 1.66. The molecule has 8 heteroatoms. The normalized spacial score (nSPS) is 19.4. The number of urea groups is 1. The van der Waals surface area contributed by atoms with E-state index in [0.29, 0.717) is 12.2 Å². The summed E-state index contributed by atoms with van der Waals surface area (Å²) in [7, 11) is 0. The summed E-state index contributed by atoms with van der Waals surface area (Å²) in [5.74, 6) is -0.950. The first kappa shape index (κ1) is 17.5. The van der Waals surface area contributed by atoms with Crippen molar-refractivity contribution in [3.8, 4) is 0 Å². The maximum absolute atomic E-state index is 12.7. The van der Waals surface area contributed by atoms with Crippen LogP contribution in [0, 0.1) is 6.92 Å².